The van der Waals surface area contributed by atoms with Crippen molar-refractivity contribution in [1.29, 1.82) is 0 Å². The van der Waals surface area contributed by atoms with Gasteiger partial charge in [0.05, 0.1) is 11.9 Å². The summed E-state index contributed by atoms with van der Waals surface area (Å²) in [5.41, 5.74) is 6.31. The van der Waals surface area contributed by atoms with Crippen molar-refractivity contribution in [1.82, 2.24) is 10.3 Å². The third kappa shape index (κ3) is 5.09. The molecule has 5 N–H and O–H groups in total. The maximum Gasteiger partial charge on any atom is 0.474 e. The van der Waals surface area contributed by atoms with Crippen molar-refractivity contribution in [3.63, 3.8) is 0 Å². The smallest absolute Gasteiger partial charge is 0.441 e. The molecule has 2 heterocycles. The molecule has 134 valence electrons. The van der Waals surface area contributed by atoms with E-state index in [0.29, 0.717) is 17.0 Å². The minimum atomic E-state index is -4.87. The second kappa shape index (κ2) is 7.83. The number of aromatic nitrogens is 2. The summed E-state index contributed by atoms with van der Waals surface area (Å²) in [4.78, 5) is 15.8. The third-order valence-electron chi connectivity index (χ3n) is 2.87. The van der Waals surface area contributed by atoms with Crippen molar-refractivity contribution < 1.29 is 31.5 Å². The molecule has 1 fully saturated rings. The van der Waals surface area contributed by atoms with Crippen LogP contribution in [0.1, 0.15) is 17.9 Å². The summed E-state index contributed by atoms with van der Waals surface area (Å²) in [5.74, 6) is 0.367. The normalized spacial score (nSPS) is 18.0. The van der Waals surface area contributed by atoms with E-state index in [9.17, 15) is 13.2 Å². The predicted octanol–water partition coefficient (Wildman–Crippen LogP) is -0.871. The van der Waals surface area contributed by atoms with E-state index in [1.165, 1.54) is 6.07 Å². The van der Waals surface area contributed by atoms with Crippen LogP contribution in [0.15, 0.2) is 6.07 Å². The molecule has 1 amide bonds. The fourth-order valence-corrected chi connectivity index (χ4v) is 3.38. The maximum atomic E-state index is 11.6. The summed E-state index contributed by atoms with van der Waals surface area (Å²) in [6, 6.07) is 1.41. The standard InChI is InChI=1S/C11H17N5O6S2/c1-2-21-11(17)15-10-14-7(8-6-13-3-4-23-8)5-9(12)16(10)22-24(18,19)20/h5,8,13H,2-4,6H2,1H3,(H3,12,14,15,17,18,19,20)/p+1. The molecule has 0 aromatic carbocycles. The van der Waals surface area contributed by atoms with E-state index in [-0.39, 0.29) is 23.6 Å². The second-order valence-electron chi connectivity index (χ2n) is 4.64. The largest absolute Gasteiger partial charge is 0.474 e. The zero-order valence-electron chi connectivity index (χ0n) is 12.8. The average Bonchev–Trinajstić information content (AvgIpc) is 2.50. The maximum absolute atomic E-state index is 11.6. The molecule has 0 spiro atoms. The highest BCUT2D eigenvalue weighted by molar-refractivity contribution is 7.99. The number of hydrogen-bond donors (Lipinski definition) is 4. The van der Waals surface area contributed by atoms with Crippen molar-refractivity contribution in [3.8, 4) is 0 Å². The lowest BCUT2D eigenvalue weighted by molar-refractivity contribution is -0.835. The highest BCUT2D eigenvalue weighted by Crippen LogP contribution is 2.29. The van der Waals surface area contributed by atoms with Crippen molar-refractivity contribution in [2.45, 2.75) is 12.2 Å². The molecule has 13 heteroatoms. The Labute approximate surface area is 142 Å². The van der Waals surface area contributed by atoms with Crippen LogP contribution in [0.2, 0.25) is 0 Å². The topological polar surface area (TPSA) is 157 Å². The second-order valence-corrected chi connectivity index (χ2v) is 6.95. The van der Waals surface area contributed by atoms with E-state index >= 15 is 0 Å². The summed E-state index contributed by atoms with van der Waals surface area (Å²) in [6.07, 6.45) is -0.872. The first-order valence-electron chi connectivity index (χ1n) is 6.96. The van der Waals surface area contributed by atoms with Crippen LogP contribution in [0.25, 0.3) is 0 Å². The summed E-state index contributed by atoms with van der Waals surface area (Å²) in [5, 5.41) is 5.40. The van der Waals surface area contributed by atoms with Gasteiger partial charge in [0.2, 0.25) is 5.82 Å². The van der Waals surface area contributed by atoms with Crippen LogP contribution in [0.3, 0.4) is 0 Å². The quantitative estimate of drug-likeness (QED) is 0.374. The molecule has 0 saturated carbocycles. The number of thioether (sulfide) groups is 1. The van der Waals surface area contributed by atoms with Gasteiger partial charge in [-0.05, 0) is 11.7 Å². The summed E-state index contributed by atoms with van der Waals surface area (Å²) in [6.45, 7) is 3.20. The highest BCUT2D eigenvalue weighted by Gasteiger charge is 2.28. The van der Waals surface area contributed by atoms with Gasteiger partial charge in [-0.15, -0.1) is 16.7 Å². The molecular formula is C11H18N5O6S2+. The van der Waals surface area contributed by atoms with E-state index in [1.807, 2.05) is 0 Å². The van der Waals surface area contributed by atoms with Crippen molar-refractivity contribution in [3.05, 3.63) is 11.8 Å². The van der Waals surface area contributed by atoms with E-state index < -0.39 is 16.5 Å². The molecule has 1 aromatic heterocycles. The van der Waals surface area contributed by atoms with Crippen LogP contribution >= 0.6 is 11.8 Å². The van der Waals surface area contributed by atoms with Gasteiger partial charge in [-0.1, -0.05) is 0 Å². The third-order valence-corrected chi connectivity index (χ3v) is 4.46. The first-order valence-corrected chi connectivity index (χ1v) is 9.37. The van der Waals surface area contributed by atoms with E-state index in [4.69, 9.17) is 15.0 Å². The zero-order valence-corrected chi connectivity index (χ0v) is 14.4. The number of ether oxygens (including phenoxy) is 1. The van der Waals surface area contributed by atoms with Crippen LogP contribution in [0.4, 0.5) is 16.6 Å². The highest BCUT2D eigenvalue weighted by atomic mass is 32.3. The van der Waals surface area contributed by atoms with E-state index in [0.717, 1.165) is 12.3 Å². The van der Waals surface area contributed by atoms with Gasteiger partial charge < -0.3 is 15.8 Å². The van der Waals surface area contributed by atoms with Gasteiger partial charge in [-0.25, -0.2) is 9.08 Å². The molecule has 0 radical (unpaired) electrons. The molecule has 24 heavy (non-hydrogen) atoms. The number of carbonyl (C=O) groups is 1. The van der Waals surface area contributed by atoms with Crippen molar-refractivity contribution in [2.75, 3.05) is 36.5 Å². The van der Waals surface area contributed by atoms with Crippen LogP contribution in [-0.2, 0) is 15.1 Å². The number of nitrogens with one attached hydrogen (secondary N) is 2. The molecule has 1 aliphatic heterocycles. The molecule has 0 bridgehead atoms. The molecule has 1 aliphatic rings. The number of hydrogen-bond acceptors (Lipinski definition) is 9. The van der Waals surface area contributed by atoms with Gasteiger partial charge in [0, 0.05) is 24.9 Å². The Kier molecular flexibility index (Phi) is 6.04. The summed E-state index contributed by atoms with van der Waals surface area (Å²) < 4.78 is 40.4. The Balaban J connectivity index is 2.39. The van der Waals surface area contributed by atoms with E-state index in [2.05, 4.69) is 19.9 Å². The van der Waals surface area contributed by atoms with Crippen molar-refractivity contribution in [2.24, 2.45) is 0 Å². The monoisotopic (exact) mass is 380 g/mol. The Hall–Kier alpha value is -1.83. The van der Waals surface area contributed by atoms with Gasteiger partial charge >= 0.3 is 22.4 Å². The lowest BCUT2D eigenvalue weighted by Crippen LogP contribution is -2.51. The number of nitrogens with two attached hydrogens (primary N) is 1. The van der Waals surface area contributed by atoms with Crippen LogP contribution in [0.5, 0.6) is 0 Å². The Morgan fingerprint density at radius 2 is 2.42 bits per heavy atom. The number of nitrogens with zero attached hydrogens (tertiary/aromatic N) is 2. The Bertz CT molecular complexity index is 707. The first-order chi connectivity index (χ1) is 11.3. The lowest BCUT2D eigenvalue weighted by atomic mass is 10.2. The molecule has 1 atom stereocenters. The molecule has 11 nitrogen and oxygen atoms in total. The summed E-state index contributed by atoms with van der Waals surface area (Å²) in [7, 11) is -4.87. The van der Waals surface area contributed by atoms with Crippen LogP contribution < -0.4 is 25.4 Å². The number of rotatable bonds is 5. The minimum absolute atomic E-state index is 0.0378. The molecule has 1 unspecified atom stereocenters. The molecule has 1 aromatic rings. The average molecular weight is 380 g/mol. The van der Waals surface area contributed by atoms with Crippen molar-refractivity contribution >= 4 is 40.0 Å². The minimum Gasteiger partial charge on any atom is -0.441 e. The lowest BCUT2D eigenvalue weighted by Gasteiger charge is -2.21. The van der Waals surface area contributed by atoms with Gasteiger partial charge in [0.25, 0.3) is 0 Å². The van der Waals surface area contributed by atoms with E-state index in [1.54, 1.807) is 18.7 Å². The molecule has 2 rings (SSSR count). The molecular weight excluding hydrogens is 362 g/mol. The van der Waals surface area contributed by atoms with Crippen LogP contribution in [0, 0.1) is 0 Å². The first kappa shape index (κ1) is 18.5. The molecule has 1 saturated heterocycles. The number of nitrogen functional groups attached to an aromatic ring is 1. The Morgan fingerprint density at radius 3 is 3.00 bits per heavy atom. The molecule has 0 aliphatic carbocycles. The SMILES string of the molecule is CCOC(=O)Nc1nc(C2CNCCS2)cc(N)[n+]1OS(=O)(=O)O. The summed E-state index contributed by atoms with van der Waals surface area (Å²) >= 11 is 1.64. The van der Waals surface area contributed by atoms with Gasteiger partial charge in [-0.3, -0.25) is 4.55 Å². The number of carbonyl (C=O) groups excluding carboxylic acids is 1. The van der Waals surface area contributed by atoms with Gasteiger partial charge in [0.15, 0.2) is 0 Å². The van der Waals surface area contributed by atoms with Gasteiger partial charge in [-0.2, -0.15) is 13.7 Å². The number of anilines is 2. The fraction of sp³-hybridized carbons (Fsp3) is 0.545. The Morgan fingerprint density at radius 1 is 1.67 bits per heavy atom. The fourth-order valence-electron chi connectivity index (χ4n) is 1.96. The van der Waals surface area contributed by atoms with Crippen LogP contribution in [-0.4, -0.2) is 49.5 Å². The zero-order chi connectivity index (χ0) is 17.7. The van der Waals surface area contributed by atoms with Gasteiger partial charge in [0.1, 0.15) is 5.69 Å². The predicted molar refractivity (Wildman–Crippen MR) is 85.7 cm³/mol. The number of amides is 1.